The predicted octanol–water partition coefficient (Wildman–Crippen LogP) is 4.30. The number of rotatable bonds is 4. The number of nitrogens with zero attached hydrogens (tertiary/aromatic N) is 1. The molecular formula is C20H16N2O4S. The highest BCUT2D eigenvalue weighted by molar-refractivity contribution is 7.17. The van der Waals surface area contributed by atoms with Gasteiger partial charge in [-0.3, -0.25) is 9.59 Å². The first-order valence-electron chi connectivity index (χ1n) is 8.31. The van der Waals surface area contributed by atoms with E-state index in [1.54, 1.807) is 19.1 Å². The number of thiazole rings is 1. The average Bonchev–Trinajstić information content (AvgIpc) is 3.27. The number of anilines is 1. The van der Waals surface area contributed by atoms with Gasteiger partial charge in [0.15, 0.2) is 17.3 Å². The van der Waals surface area contributed by atoms with Gasteiger partial charge in [-0.25, -0.2) is 4.98 Å². The summed E-state index contributed by atoms with van der Waals surface area (Å²) in [7, 11) is 0. The van der Waals surface area contributed by atoms with E-state index >= 15 is 0 Å². The zero-order chi connectivity index (χ0) is 19.0. The van der Waals surface area contributed by atoms with Gasteiger partial charge in [0.25, 0.3) is 5.91 Å². The maximum atomic E-state index is 12.8. The molecule has 4 rings (SSSR count). The summed E-state index contributed by atoms with van der Waals surface area (Å²) < 4.78 is 10.7. The minimum Gasteiger partial charge on any atom is -0.454 e. The Morgan fingerprint density at radius 1 is 1.11 bits per heavy atom. The molecule has 6 nitrogen and oxygen atoms in total. The van der Waals surface area contributed by atoms with Crippen LogP contribution in [0.3, 0.4) is 0 Å². The van der Waals surface area contributed by atoms with Gasteiger partial charge in [-0.2, -0.15) is 0 Å². The molecule has 0 saturated heterocycles. The molecule has 7 heteroatoms. The summed E-state index contributed by atoms with van der Waals surface area (Å²) in [5, 5.41) is 3.59. The van der Waals surface area contributed by atoms with Crippen molar-refractivity contribution in [3.63, 3.8) is 0 Å². The van der Waals surface area contributed by atoms with Crippen molar-refractivity contribution in [1.82, 2.24) is 4.98 Å². The second-order valence-corrected chi connectivity index (χ2v) is 7.06. The number of amides is 1. The van der Waals surface area contributed by atoms with E-state index in [1.165, 1.54) is 18.3 Å². The average molecular weight is 380 g/mol. The first kappa shape index (κ1) is 17.2. The number of carbonyl (C=O) groups is 2. The van der Waals surface area contributed by atoms with Crippen LogP contribution in [0.25, 0.3) is 10.6 Å². The van der Waals surface area contributed by atoms with Gasteiger partial charge in [-0.1, -0.05) is 30.3 Å². The molecule has 0 saturated carbocycles. The SMILES string of the molecule is CC(=O)c1cc2c(cc1NC(=O)c1sc(-c3ccccc3)nc1C)OCO2. The summed E-state index contributed by atoms with van der Waals surface area (Å²) in [6.45, 7) is 3.33. The largest absolute Gasteiger partial charge is 0.454 e. The topological polar surface area (TPSA) is 77.5 Å². The summed E-state index contributed by atoms with van der Waals surface area (Å²) in [6, 6.07) is 12.9. The van der Waals surface area contributed by atoms with Crippen LogP contribution < -0.4 is 14.8 Å². The molecule has 1 aromatic heterocycles. The predicted molar refractivity (Wildman–Crippen MR) is 103 cm³/mol. The molecule has 1 amide bonds. The molecule has 0 aliphatic carbocycles. The van der Waals surface area contributed by atoms with Crippen molar-refractivity contribution in [2.75, 3.05) is 12.1 Å². The first-order valence-corrected chi connectivity index (χ1v) is 9.13. The highest BCUT2D eigenvalue weighted by atomic mass is 32.1. The Labute approximate surface area is 159 Å². The zero-order valence-electron chi connectivity index (χ0n) is 14.7. The lowest BCUT2D eigenvalue weighted by atomic mass is 10.1. The van der Waals surface area contributed by atoms with Gasteiger partial charge in [0, 0.05) is 17.2 Å². The van der Waals surface area contributed by atoms with E-state index in [2.05, 4.69) is 10.3 Å². The van der Waals surface area contributed by atoms with Crippen LogP contribution in [-0.2, 0) is 0 Å². The van der Waals surface area contributed by atoms with Crippen LogP contribution in [-0.4, -0.2) is 23.5 Å². The lowest BCUT2D eigenvalue weighted by Crippen LogP contribution is -2.14. The van der Waals surface area contributed by atoms with Crippen molar-refractivity contribution in [3.8, 4) is 22.1 Å². The molecule has 0 spiro atoms. The van der Waals surface area contributed by atoms with Crippen LogP contribution in [0.2, 0.25) is 0 Å². The number of nitrogens with one attached hydrogen (secondary N) is 1. The molecule has 0 fully saturated rings. The number of hydrogen-bond acceptors (Lipinski definition) is 6. The molecule has 3 aromatic rings. The van der Waals surface area contributed by atoms with Crippen molar-refractivity contribution in [2.24, 2.45) is 0 Å². The van der Waals surface area contributed by atoms with Gasteiger partial charge in [0.05, 0.1) is 11.4 Å². The zero-order valence-corrected chi connectivity index (χ0v) is 15.6. The van der Waals surface area contributed by atoms with Gasteiger partial charge in [-0.15, -0.1) is 11.3 Å². The number of benzene rings is 2. The van der Waals surface area contributed by atoms with Crippen LogP contribution in [0.1, 0.15) is 32.6 Å². The van der Waals surface area contributed by atoms with Crippen LogP contribution in [0.5, 0.6) is 11.5 Å². The molecule has 0 atom stereocenters. The van der Waals surface area contributed by atoms with Gasteiger partial charge < -0.3 is 14.8 Å². The van der Waals surface area contributed by atoms with Crippen molar-refractivity contribution in [3.05, 3.63) is 58.6 Å². The minimum absolute atomic E-state index is 0.0957. The first-order chi connectivity index (χ1) is 13.0. The number of ketones is 1. The number of Topliss-reactive ketones (excluding diaryl/α,β-unsaturated/α-hetero) is 1. The quantitative estimate of drug-likeness (QED) is 0.683. The fourth-order valence-electron chi connectivity index (χ4n) is 2.83. The number of aromatic nitrogens is 1. The number of hydrogen-bond donors (Lipinski definition) is 1. The second-order valence-electron chi connectivity index (χ2n) is 6.06. The molecule has 1 N–H and O–H groups in total. The van der Waals surface area contributed by atoms with Gasteiger partial charge in [0.2, 0.25) is 6.79 Å². The van der Waals surface area contributed by atoms with Gasteiger partial charge in [0.1, 0.15) is 9.88 Å². The molecule has 27 heavy (non-hydrogen) atoms. The van der Waals surface area contributed by atoms with E-state index in [9.17, 15) is 9.59 Å². The maximum Gasteiger partial charge on any atom is 0.267 e. The van der Waals surface area contributed by atoms with E-state index in [-0.39, 0.29) is 18.5 Å². The van der Waals surface area contributed by atoms with E-state index in [0.717, 1.165) is 10.6 Å². The second kappa shape index (κ2) is 6.85. The summed E-state index contributed by atoms with van der Waals surface area (Å²) in [6.07, 6.45) is 0. The van der Waals surface area contributed by atoms with E-state index in [0.29, 0.717) is 33.3 Å². The number of aryl methyl sites for hydroxylation is 1. The van der Waals surface area contributed by atoms with Gasteiger partial charge in [-0.05, 0) is 19.9 Å². The number of carbonyl (C=O) groups excluding carboxylic acids is 2. The van der Waals surface area contributed by atoms with Crippen LogP contribution in [0.4, 0.5) is 5.69 Å². The Morgan fingerprint density at radius 3 is 2.52 bits per heavy atom. The molecule has 2 heterocycles. The molecule has 136 valence electrons. The Morgan fingerprint density at radius 2 is 1.81 bits per heavy atom. The number of fused-ring (bicyclic) bond motifs is 1. The summed E-state index contributed by atoms with van der Waals surface area (Å²) in [4.78, 5) is 29.8. The smallest absolute Gasteiger partial charge is 0.267 e. The normalized spacial score (nSPS) is 12.1. The molecule has 0 bridgehead atoms. The van der Waals surface area contributed by atoms with E-state index in [4.69, 9.17) is 9.47 Å². The highest BCUT2D eigenvalue weighted by Gasteiger charge is 2.22. The molecule has 1 aliphatic heterocycles. The monoisotopic (exact) mass is 380 g/mol. The lowest BCUT2D eigenvalue weighted by molar-refractivity contribution is 0.101. The van der Waals surface area contributed by atoms with Gasteiger partial charge >= 0.3 is 0 Å². The van der Waals surface area contributed by atoms with E-state index < -0.39 is 0 Å². The fourth-order valence-corrected chi connectivity index (χ4v) is 3.79. The van der Waals surface area contributed by atoms with Crippen molar-refractivity contribution in [1.29, 1.82) is 0 Å². The van der Waals surface area contributed by atoms with Crippen LogP contribution in [0.15, 0.2) is 42.5 Å². The maximum absolute atomic E-state index is 12.8. The van der Waals surface area contributed by atoms with E-state index in [1.807, 2.05) is 30.3 Å². The standard InChI is InChI=1S/C20H16N2O4S/c1-11-18(27-20(21-11)13-6-4-3-5-7-13)19(24)22-15-9-17-16(25-10-26-17)8-14(15)12(2)23/h3-9H,10H2,1-2H3,(H,22,24). The van der Waals surface area contributed by atoms with Crippen LogP contribution in [0, 0.1) is 6.92 Å². The molecule has 2 aromatic carbocycles. The van der Waals surface area contributed by atoms with Crippen molar-refractivity contribution < 1.29 is 19.1 Å². The summed E-state index contributed by atoms with van der Waals surface area (Å²) in [5.74, 6) is 0.517. The Hall–Kier alpha value is -3.19. The summed E-state index contributed by atoms with van der Waals surface area (Å²) in [5.41, 5.74) is 2.36. The minimum atomic E-state index is -0.312. The lowest BCUT2D eigenvalue weighted by Gasteiger charge is -2.10. The van der Waals surface area contributed by atoms with Crippen LogP contribution >= 0.6 is 11.3 Å². The van der Waals surface area contributed by atoms with Crippen molar-refractivity contribution in [2.45, 2.75) is 13.8 Å². The molecule has 0 radical (unpaired) electrons. The highest BCUT2D eigenvalue weighted by Crippen LogP contribution is 2.38. The van der Waals surface area contributed by atoms with Crippen molar-refractivity contribution >= 4 is 28.7 Å². The Kier molecular flexibility index (Phi) is 4.37. The Balaban J connectivity index is 1.65. The molecule has 0 unspecified atom stereocenters. The fraction of sp³-hybridized carbons (Fsp3) is 0.150. The third kappa shape index (κ3) is 3.29. The number of ether oxygens (including phenoxy) is 2. The molecular weight excluding hydrogens is 364 g/mol. The molecule has 1 aliphatic rings. The third-order valence-corrected chi connectivity index (χ3v) is 5.37. The summed E-state index contributed by atoms with van der Waals surface area (Å²) >= 11 is 1.32. The Bertz CT molecular complexity index is 1040. The third-order valence-electron chi connectivity index (χ3n) is 4.16.